The van der Waals surface area contributed by atoms with Crippen molar-refractivity contribution in [1.82, 2.24) is 4.98 Å². The first-order valence-corrected chi connectivity index (χ1v) is 8.02. The van der Waals surface area contributed by atoms with Crippen molar-refractivity contribution in [2.45, 2.75) is 12.8 Å². The SMILES string of the molecule is Fc1ccc(N(OCC2CC2)c2ncc(Br)cc2Cl)c(F)c1F. The van der Waals surface area contributed by atoms with Crippen molar-refractivity contribution in [2.75, 3.05) is 11.7 Å². The zero-order valence-electron chi connectivity index (χ0n) is 11.7. The Labute approximate surface area is 144 Å². The van der Waals surface area contributed by atoms with Gasteiger partial charge < -0.3 is 0 Å². The molecule has 0 saturated heterocycles. The molecule has 0 amide bonds. The molecule has 1 aromatic heterocycles. The highest BCUT2D eigenvalue weighted by atomic mass is 79.9. The number of benzene rings is 1. The Kier molecular flexibility index (Phi) is 4.79. The van der Waals surface area contributed by atoms with Crippen molar-refractivity contribution in [3.8, 4) is 0 Å². The van der Waals surface area contributed by atoms with Crippen LogP contribution in [-0.2, 0) is 4.84 Å². The summed E-state index contributed by atoms with van der Waals surface area (Å²) in [4.78, 5) is 9.66. The maximum Gasteiger partial charge on any atom is 0.196 e. The Hall–Kier alpha value is -1.31. The highest BCUT2D eigenvalue weighted by molar-refractivity contribution is 9.10. The first-order chi connectivity index (χ1) is 11.0. The van der Waals surface area contributed by atoms with Crippen LogP contribution in [0.25, 0.3) is 0 Å². The van der Waals surface area contributed by atoms with Gasteiger partial charge in [-0.1, -0.05) is 11.6 Å². The third-order valence-electron chi connectivity index (χ3n) is 3.35. The Morgan fingerprint density at radius 3 is 2.65 bits per heavy atom. The van der Waals surface area contributed by atoms with E-state index in [9.17, 15) is 13.2 Å². The molecule has 0 radical (unpaired) electrons. The van der Waals surface area contributed by atoms with Gasteiger partial charge in [0.05, 0.1) is 11.6 Å². The summed E-state index contributed by atoms with van der Waals surface area (Å²) in [6.45, 7) is 0.312. The molecule has 0 aliphatic heterocycles. The second-order valence-electron chi connectivity index (χ2n) is 5.19. The van der Waals surface area contributed by atoms with Gasteiger partial charge >= 0.3 is 0 Å². The van der Waals surface area contributed by atoms with Crippen LogP contribution >= 0.6 is 27.5 Å². The van der Waals surface area contributed by atoms with Gasteiger partial charge in [0.15, 0.2) is 23.3 Å². The standard InChI is InChI=1S/C15H11BrClF3N2O/c16-9-5-10(17)15(21-6-9)22(23-7-8-1-2-8)12-4-3-11(18)13(19)14(12)20/h3-6,8H,1-2,7H2. The second-order valence-corrected chi connectivity index (χ2v) is 6.51. The number of pyridine rings is 1. The lowest BCUT2D eigenvalue weighted by atomic mass is 10.2. The van der Waals surface area contributed by atoms with Gasteiger partial charge in [-0.25, -0.2) is 18.2 Å². The van der Waals surface area contributed by atoms with Crippen LogP contribution < -0.4 is 5.06 Å². The van der Waals surface area contributed by atoms with Crippen LogP contribution in [-0.4, -0.2) is 11.6 Å². The van der Waals surface area contributed by atoms with Crippen LogP contribution in [0.15, 0.2) is 28.9 Å². The third-order valence-corrected chi connectivity index (χ3v) is 4.06. The topological polar surface area (TPSA) is 25.4 Å². The average molecular weight is 408 g/mol. The quantitative estimate of drug-likeness (QED) is 0.490. The molecule has 1 saturated carbocycles. The molecule has 1 fully saturated rings. The fourth-order valence-corrected chi connectivity index (χ4v) is 2.64. The Balaban J connectivity index is 2.02. The molecule has 3 rings (SSSR count). The Morgan fingerprint density at radius 1 is 1.26 bits per heavy atom. The van der Waals surface area contributed by atoms with E-state index in [1.807, 2.05) is 0 Å². The number of halogens is 5. The predicted octanol–water partition coefficient (Wildman–Crippen LogP) is 5.39. The maximum atomic E-state index is 14.1. The van der Waals surface area contributed by atoms with Crippen molar-refractivity contribution >= 4 is 39.0 Å². The summed E-state index contributed by atoms with van der Waals surface area (Å²) in [7, 11) is 0. The van der Waals surface area contributed by atoms with Crippen LogP contribution in [0, 0.1) is 23.4 Å². The summed E-state index contributed by atoms with van der Waals surface area (Å²) in [5.41, 5.74) is -0.290. The minimum absolute atomic E-state index is 0.0976. The van der Waals surface area contributed by atoms with Crippen molar-refractivity contribution in [3.05, 3.63) is 51.3 Å². The number of anilines is 2. The fraction of sp³-hybridized carbons (Fsp3) is 0.267. The second kappa shape index (κ2) is 6.67. The van der Waals surface area contributed by atoms with E-state index in [0.29, 0.717) is 17.0 Å². The Bertz CT molecular complexity index is 743. The van der Waals surface area contributed by atoms with Crippen molar-refractivity contribution in [1.29, 1.82) is 0 Å². The maximum absolute atomic E-state index is 14.1. The highest BCUT2D eigenvalue weighted by Gasteiger charge is 2.27. The van der Waals surface area contributed by atoms with Crippen LogP contribution in [0.2, 0.25) is 5.02 Å². The van der Waals surface area contributed by atoms with Gasteiger partial charge in [0, 0.05) is 10.7 Å². The van der Waals surface area contributed by atoms with Crippen LogP contribution in [0.3, 0.4) is 0 Å². The van der Waals surface area contributed by atoms with Gasteiger partial charge in [0.25, 0.3) is 0 Å². The Morgan fingerprint density at radius 2 is 2.00 bits per heavy atom. The molecule has 1 aromatic carbocycles. The van der Waals surface area contributed by atoms with Crippen molar-refractivity contribution < 1.29 is 18.0 Å². The molecule has 0 bridgehead atoms. The first-order valence-electron chi connectivity index (χ1n) is 6.85. The van der Waals surface area contributed by atoms with Gasteiger partial charge in [0.1, 0.15) is 5.69 Å². The molecule has 0 spiro atoms. The van der Waals surface area contributed by atoms with Gasteiger partial charge in [-0.05, 0) is 52.9 Å². The van der Waals surface area contributed by atoms with E-state index in [1.165, 1.54) is 6.20 Å². The number of aromatic nitrogens is 1. The lowest BCUT2D eigenvalue weighted by Gasteiger charge is -2.24. The van der Waals surface area contributed by atoms with E-state index in [-0.39, 0.29) is 16.5 Å². The number of rotatable bonds is 5. The third kappa shape index (κ3) is 3.62. The number of hydrogen-bond acceptors (Lipinski definition) is 3. The number of nitrogens with zero attached hydrogens (tertiary/aromatic N) is 2. The molecular weight excluding hydrogens is 397 g/mol. The monoisotopic (exact) mass is 406 g/mol. The largest absolute Gasteiger partial charge is 0.267 e. The minimum Gasteiger partial charge on any atom is -0.267 e. The molecule has 1 aliphatic carbocycles. The van der Waals surface area contributed by atoms with E-state index in [2.05, 4.69) is 20.9 Å². The molecule has 1 aliphatic rings. The summed E-state index contributed by atoms with van der Waals surface area (Å²) >= 11 is 9.34. The van der Waals surface area contributed by atoms with Crippen molar-refractivity contribution in [2.24, 2.45) is 5.92 Å². The smallest absolute Gasteiger partial charge is 0.196 e. The molecule has 0 N–H and O–H groups in total. The summed E-state index contributed by atoms with van der Waals surface area (Å²) in [5, 5.41) is 1.18. The molecule has 0 unspecified atom stereocenters. The van der Waals surface area contributed by atoms with E-state index in [4.69, 9.17) is 16.4 Å². The molecule has 23 heavy (non-hydrogen) atoms. The van der Waals surface area contributed by atoms with Gasteiger partial charge in [-0.15, -0.1) is 0 Å². The van der Waals surface area contributed by atoms with E-state index >= 15 is 0 Å². The van der Waals surface area contributed by atoms with E-state index in [1.54, 1.807) is 6.07 Å². The zero-order valence-corrected chi connectivity index (χ0v) is 14.0. The molecule has 8 heteroatoms. The average Bonchev–Trinajstić information content (AvgIpc) is 3.32. The molecule has 2 aromatic rings. The summed E-state index contributed by atoms with van der Waals surface area (Å²) in [6, 6.07) is 3.46. The lowest BCUT2D eigenvalue weighted by Crippen LogP contribution is -2.22. The molecule has 122 valence electrons. The van der Waals surface area contributed by atoms with Gasteiger partial charge in [-0.2, -0.15) is 5.06 Å². The fourth-order valence-electron chi connectivity index (χ4n) is 1.94. The summed E-state index contributed by atoms with van der Waals surface area (Å²) < 4.78 is 41.5. The number of hydrogen-bond donors (Lipinski definition) is 0. The van der Waals surface area contributed by atoms with Crippen LogP contribution in [0.1, 0.15) is 12.8 Å². The normalized spacial score (nSPS) is 14.1. The van der Waals surface area contributed by atoms with Crippen LogP contribution in [0.5, 0.6) is 0 Å². The molecule has 0 atom stereocenters. The molecule has 3 nitrogen and oxygen atoms in total. The van der Waals surface area contributed by atoms with Crippen molar-refractivity contribution in [3.63, 3.8) is 0 Å². The molecule has 1 heterocycles. The highest BCUT2D eigenvalue weighted by Crippen LogP contribution is 2.36. The molecular formula is C15H11BrClF3N2O. The first kappa shape index (κ1) is 16.5. The van der Waals surface area contributed by atoms with Gasteiger partial charge in [0.2, 0.25) is 0 Å². The predicted molar refractivity (Wildman–Crippen MR) is 84.1 cm³/mol. The van der Waals surface area contributed by atoms with Gasteiger partial charge in [-0.3, -0.25) is 4.84 Å². The lowest BCUT2D eigenvalue weighted by molar-refractivity contribution is 0.122. The van der Waals surface area contributed by atoms with Crippen LogP contribution in [0.4, 0.5) is 24.7 Å². The summed E-state index contributed by atoms with van der Waals surface area (Å²) in [6.07, 6.45) is 3.47. The summed E-state index contributed by atoms with van der Waals surface area (Å²) in [5.74, 6) is -3.75. The minimum atomic E-state index is -1.57. The van der Waals surface area contributed by atoms with E-state index < -0.39 is 17.5 Å². The van der Waals surface area contributed by atoms with E-state index in [0.717, 1.165) is 30.0 Å². The zero-order chi connectivity index (χ0) is 16.6.